The number of fused-ring (bicyclic) bond motifs is 1. The molecule has 3 aromatic carbocycles. The van der Waals surface area contributed by atoms with Crippen LogP contribution in [0.25, 0.3) is 27.7 Å². The van der Waals surface area contributed by atoms with Crippen LogP contribution < -0.4 is 15.2 Å². The molecule has 174 valence electrons. The number of hydrogen-bond donors (Lipinski definition) is 1. The van der Waals surface area contributed by atoms with Crippen LogP contribution in [-0.2, 0) is 14.5 Å². The predicted molar refractivity (Wildman–Crippen MR) is 126 cm³/mol. The van der Waals surface area contributed by atoms with E-state index in [1.807, 2.05) is 0 Å². The van der Waals surface area contributed by atoms with Gasteiger partial charge in [0.05, 0.1) is 22.5 Å². The number of carbonyl (C=O) groups excluding carboxylic acids is 1. The summed E-state index contributed by atoms with van der Waals surface area (Å²) in [6.45, 7) is 0. The fraction of sp³-hybridized carbons (Fsp3) is 0.0870. The molecular weight excluding hydrogens is 463 g/mol. The van der Waals surface area contributed by atoms with Gasteiger partial charge in [-0.2, -0.15) is 18.2 Å². The molecule has 0 unspecified atom stereocenters. The molecule has 1 amide bonds. The quantitative estimate of drug-likeness (QED) is 0.468. The molecule has 1 N–H and O–H groups in total. The van der Waals surface area contributed by atoms with Gasteiger partial charge in [0.2, 0.25) is 0 Å². The van der Waals surface area contributed by atoms with E-state index in [9.17, 15) is 22.4 Å². The van der Waals surface area contributed by atoms with E-state index >= 15 is 0 Å². The van der Waals surface area contributed by atoms with Crippen molar-refractivity contribution in [3.8, 4) is 16.9 Å². The zero-order valence-corrected chi connectivity index (χ0v) is 18.9. The third kappa shape index (κ3) is 4.33. The smallest absolute Gasteiger partial charge is 0.324 e. The molecule has 4 aromatic rings. The normalized spacial score (nSPS) is 11.3. The average molecular weight is 482 g/mol. The Bertz CT molecular complexity index is 1550. The molecule has 0 fully saturated rings. The Kier molecular flexibility index (Phi) is 6.03. The van der Waals surface area contributed by atoms with Crippen LogP contribution in [0.1, 0.15) is 0 Å². The second kappa shape index (κ2) is 8.94. The summed E-state index contributed by atoms with van der Waals surface area (Å²) in [5.74, 6) is -0.450. The van der Waals surface area contributed by atoms with Crippen molar-refractivity contribution < 1.29 is 21.8 Å². The Labute approximate surface area is 194 Å². The fourth-order valence-corrected chi connectivity index (χ4v) is 4.09. The summed E-state index contributed by atoms with van der Waals surface area (Å²) in [7, 11) is -1.94. The van der Waals surface area contributed by atoms with Crippen LogP contribution in [0.5, 0.6) is 0 Å². The van der Waals surface area contributed by atoms with Crippen molar-refractivity contribution >= 4 is 32.9 Å². The average Bonchev–Trinajstić information content (AvgIpc) is 2.84. The third-order valence-corrected chi connectivity index (χ3v) is 6.32. The highest BCUT2D eigenvalue weighted by molar-refractivity contribution is 7.88. The Morgan fingerprint density at radius 3 is 2.38 bits per heavy atom. The maximum atomic E-state index is 13.4. The summed E-state index contributed by atoms with van der Waals surface area (Å²) in [5.41, 5.74) is 1.09. The van der Waals surface area contributed by atoms with E-state index in [1.165, 1.54) is 49.1 Å². The van der Waals surface area contributed by atoms with Gasteiger partial charge in [-0.25, -0.2) is 13.5 Å². The van der Waals surface area contributed by atoms with E-state index in [-0.39, 0.29) is 11.2 Å². The molecule has 0 saturated carbocycles. The SMILES string of the molecule is CNC(=O)OS(=O)(=O)N(C)c1cccc(-c2nn(-c3ccc(F)cc3)c(=O)c3ccccc23)c1. The second-order valence-corrected chi connectivity index (χ2v) is 8.75. The minimum Gasteiger partial charge on any atom is -0.324 e. The lowest BCUT2D eigenvalue weighted by atomic mass is 10.0. The first kappa shape index (κ1) is 22.9. The molecule has 0 aliphatic rings. The molecule has 34 heavy (non-hydrogen) atoms. The van der Waals surface area contributed by atoms with E-state index < -0.39 is 22.2 Å². The predicted octanol–water partition coefficient (Wildman–Crippen LogP) is 3.23. The molecule has 0 aliphatic carbocycles. The van der Waals surface area contributed by atoms with Gasteiger partial charge in [0.15, 0.2) is 0 Å². The number of amides is 1. The standard InChI is InChI=1S/C23H19FN4O5S/c1-25-23(30)33-34(31,32)27(2)18-7-5-6-15(14-18)21-19-8-3-4-9-20(19)22(29)28(26-21)17-12-10-16(24)11-13-17/h3-14H,1-2H3,(H,25,30). The largest absolute Gasteiger partial charge is 0.423 e. The number of hydrogen-bond acceptors (Lipinski definition) is 6. The number of benzene rings is 3. The van der Waals surface area contributed by atoms with Gasteiger partial charge in [0, 0.05) is 25.0 Å². The molecule has 11 heteroatoms. The van der Waals surface area contributed by atoms with Crippen LogP contribution >= 0.6 is 0 Å². The molecular formula is C23H19FN4O5S. The van der Waals surface area contributed by atoms with Gasteiger partial charge in [-0.15, -0.1) is 0 Å². The lowest BCUT2D eigenvalue weighted by molar-refractivity contribution is 0.205. The number of nitrogens with one attached hydrogen (secondary N) is 1. The van der Waals surface area contributed by atoms with E-state index in [0.29, 0.717) is 27.7 Å². The van der Waals surface area contributed by atoms with Crippen LogP contribution in [0.3, 0.4) is 0 Å². The Morgan fingerprint density at radius 2 is 1.71 bits per heavy atom. The molecule has 0 atom stereocenters. The lowest BCUT2D eigenvalue weighted by Crippen LogP contribution is -2.33. The van der Waals surface area contributed by atoms with Gasteiger partial charge in [0.1, 0.15) is 5.82 Å². The van der Waals surface area contributed by atoms with Crippen molar-refractivity contribution in [3.63, 3.8) is 0 Å². The maximum absolute atomic E-state index is 13.4. The topological polar surface area (TPSA) is 111 Å². The van der Waals surface area contributed by atoms with Crippen molar-refractivity contribution in [2.75, 3.05) is 18.4 Å². The summed E-state index contributed by atoms with van der Waals surface area (Å²) in [4.78, 5) is 24.5. The van der Waals surface area contributed by atoms with Gasteiger partial charge in [-0.05, 0) is 42.5 Å². The van der Waals surface area contributed by atoms with Gasteiger partial charge in [-0.3, -0.25) is 4.79 Å². The Hall–Kier alpha value is -4.25. The molecule has 0 aliphatic heterocycles. The van der Waals surface area contributed by atoms with E-state index in [2.05, 4.69) is 14.6 Å². The van der Waals surface area contributed by atoms with Crippen molar-refractivity contribution in [2.24, 2.45) is 0 Å². The van der Waals surface area contributed by atoms with Crippen molar-refractivity contribution in [2.45, 2.75) is 0 Å². The first-order valence-electron chi connectivity index (χ1n) is 10.00. The van der Waals surface area contributed by atoms with E-state index in [4.69, 9.17) is 0 Å². The number of carbonyl (C=O) groups is 1. The van der Waals surface area contributed by atoms with Crippen LogP contribution in [0, 0.1) is 5.82 Å². The van der Waals surface area contributed by atoms with Gasteiger partial charge in [-0.1, -0.05) is 30.3 Å². The highest BCUT2D eigenvalue weighted by atomic mass is 32.2. The zero-order chi connectivity index (χ0) is 24.5. The summed E-state index contributed by atoms with van der Waals surface area (Å²) in [5, 5.41) is 7.53. The second-order valence-electron chi connectivity index (χ2n) is 7.18. The minimum atomic E-state index is -4.42. The molecule has 0 saturated heterocycles. The van der Waals surface area contributed by atoms with Crippen molar-refractivity contribution in [1.29, 1.82) is 0 Å². The fourth-order valence-electron chi connectivity index (χ4n) is 3.33. The summed E-state index contributed by atoms with van der Waals surface area (Å²) < 4.78 is 44.7. The highest BCUT2D eigenvalue weighted by Crippen LogP contribution is 2.29. The number of halogens is 1. The maximum Gasteiger partial charge on any atom is 0.423 e. The molecule has 1 heterocycles. The Morgan fingerprint density at radius 1 is 1.03 bits per heavy atom. The van der Waals surface area contributed by atoms with Crippen molar-refractivity contribution in [1.82, 2.24) is 15.1 Å². The molecule has 0 spiro atoms. The number of anilines is 1. The molecule has 4 rings (SSSR count). The first-order chi connectivity index (χ1) is 16.2. The molecule has 0 radical (unpaired) electrons. The third-order valence-electron chi connectivity index (χ3n) is 5.08. The van der Waals surface area contributed by atoms with Crippen LogP contribution in [0.2, 0.25) is 0 Å². The van der Waals surface area contributed by atoms with Gasteiger partial charge < -0.3 is 9.50 Å². The monoisotopic (exact) mass is 482 g/mol. The molecule has 0 bridgehead atoms. The van der Waals surface area contributed by atoms with Crippen molar-refractivity contribution in [3.05, 3.63) is 89.0 Å². The van der Waals surface area contributed by atoms with Gasteiger partial charge >= 0.3 is 16.4 Å². The highest BCUT2D eigenvalue weighted by Gasteiger charge is 2.24. The van der Waals surface area contributed by atoms with Gasteiger partial charge in [0.25, 0.3) is 5.56 Å². The van der Waals surface area contributed by atoms with E-state index in [1.54, 1.807) is 42.5 Å². The van der Waals surface area contributed by atoms with Crippen LogP contribution in [0.4, 0.5) is 14.9 Å². The minimum absolute atomic E-state index is 0.201. The number of nitrogens with zero attached hydrogens (tertiary/aromatic N) is 3. The number of rotatable bonds is 5. The number of aromatic nitrogens is 2. The zero-order valence-electron chi connectivity index (χ0n) is 18.1. The summed E-state index contributed by atoms with van der Waals surface area (Å²) >= 11 is 0. The molecule has 1 aromatic heterocycles. The summed E-state index contributed by atoms with van der Waals surface area (Å²) in [6.07, 6.45) is -1.12. The lowest BCUT2D eigenvalue weighted by Gasteiger charge is -2.19. The summed E-state index contributed by atoms with van der Waals surface area (Å²) in [6, 6.07) is 18.6. The first-order valence-corrected chi connectivity index (χ1v) is 11.4. The van der Waals surface area contributed by atoms with E-state index in [0.717, 1.165) is 4.31 Å². The van der Waals surface area contributed by atoms with Crippen LogP contribution in [0.15, 0.2) is 77.6 Å². The Balaban J connectivity index is 1.88. The van der Waals surface area contributed by atoms with Crippen LogP contribution in [-0.4, -0.2) is 38.4 Å². The molecule has 9 nitrogen and oxygen atoms in total.